The molecule has 0 aromatic heterocycles. The van der Waals surface area contributed by atoms with Crippen LogP contribution in [0.15, 0.2) is 54.6 Å². The summed E-state index contributed by atoms with van der Waals surface area (Å²) < 4.78 is 24.8. The number of nitrogens with zero attached hydrogens (tertiary/aromatic N) is 1. The van der Waals surface area contributed by atoms with Crippen LogP contribution in [0.25, 0.3) is 6.08 Å². The third kappa shape index (κ3) is 6.74. The van der Waals surface area contributed by atoms with E-state index in [1.165, 1.54) is 6.08 Å². The Balaban J connectivity index is 1.96. The zero-order valence-corrected chi connectivity index (χ0v) is 17.5. The van der Waals surface area contributed by atoms with Crippen molar-refractivity contribution < 1.29 is 13.2 Å². The molecule has 2 aromatic rings. The van der Waals surface area contributed by atoms with Crippen molar-refractivity contribution in [3.05, 3.63) is 60.2 Å². The molecular formula is C21H27N3O3S. The van der Waals surface area contributed by atoms with Gasteiger partial charge in [-0.1, -0.05) is 12.1 Å². The van der Waals surface area contributed by atoms with Crippen LogP contribution < -0.4 is 14.9 Å². The fraction of sp³-hybridized carbons (Fsp3) is 0.286. The maximum absolute atomic E-state index is 12.1. The molecular weight excluding hydrogens is 374 g/mol. The Labute approximate surface area is 167 Å². The summed E-state index contributed by atoms with van der Waals surface area (Å²) in [6.07, 6.45) is 4.21. The van der Waals surface area contributed by atoms with E-state index in [1.807, 2.05) is 24.3 Å². The number of hydrogen-bond donors (Lipinski definition) is 2. The topological polar surface area (TPSA) is 78.5 Å². The van der Waals surface area contributed by atoms with Gasteiger partial charge in [0.05, 0.1) is 6.26 Å². The molecule has 1 amide bonds. The third-order valence-electron chi connectivity index (χ3n) is 4.07. The average Bonchev–Trinajstić information content (AvgIpc) is 2.61. The molecule has 0 radical (unpaired) electrons. The fourth-order valence-electron chi connectivity index (χ4n) is 2.81. The van der Waals surface area contributed by atoms with Crippen LogP contribution in [0.2, 0.25) is 0 Å². The van der Waals surface area contributed by atoms with Crippen molar-refractivity contribution in [2.75, 3.05) is 27.7 Å². The van der Waals surface area contributed by atoms with Crippen molar-refractivity contribution in [2.45, 2.75) is 26.8 Å². The highest BCUT2D eigenvalue weighted by atomic mass is 32.2. The summed E-state index contributed by atoms with van der Waals surface area (Å²) >= 11 is 0. The number of hydrogen-bond acceptors (Lipinski definition) is 4. The molecule has 0 atom stereocenters. The molecule has 7 heteroatoms. The van der Waals surface area contributed by atoms with Crippen molar-refractivity contribution in [3.63, 3.8) is 0 Å². The smallest absolute Gasteiger partial charge is 0.248 e. The van der Waals surface area contributed by atoms with Gasteiger partial charge >= 0.3 is 0 Å². The second-order valence-corrected chi connectivity index (χ2v) is 8.49. The molecule has 2 N–H and O–H groups in total. The molecule has 0 aliphatic carbocycles. The summed E-state index contributed by atoms with van der Waals surface area (Å²) in [5.74, 6) is -0.234. The summed E-state index contributed by atoms with van der Waals surface area (Å²) in [7, 11) is -3.30. The number of rotatable bonds is 8. The van der Waals surface area contributed by atoms with Crippen molar-refractivity contribution in [1.82, 2.24) is 0 Å². The lowest BCUT2D eigenvalue weighted by atomic mass is 10.2. The largest absolute Gasteiger partial charge is 0.369 e. The van der Waals surface area contributed by atoms with E-state index < -0.39 is 10.0 Å². The first-order chi connectivity index (χ1) is 13.2. The predicted octanol–water partition coefficient (Wildman–Crippen LogP) is 3.94. The molecule has 0 unspecified atom stereocenters. The van der Waals surface area contributed by atoms with E-state index in [0.717, 1.165) is 29.7 Å². The van der Waals surface area contributed by atoms with E-state index in [1.54, 1.807) is 30.3 Å². The van der Waals surface area contributed by atoms with E-state index in [2.05, 4.69) is 35.7 Å². The van der Waals surface area contributed by atoms with E-state index >= 15 is 0 Å². The fourth-order valence-corrected chi connectivity index (χ4v) is 3.38. The Morgan fingerprint density at radius 3 is 2.11 bits per heavy atom. The van der Waals surface area contributed by atoms with Gasteiger partial charge in [0.15, 0.2) is 0 Å². The molecule has 0 heterocycles. The highest BCUT2D eigenvalue weighted by Crippen LogP contribution is 2.20. The molecule has 0 aliphatic heterocycles. The molecule has 2 rings (SSSR count). The lowest BCUT2D eigenvalue weighted by Crippen LogP contribution is -2.30. The lowest BCUT2D eigenvalue weighted by molar-refractivity contribution is -0.111. The normalized spacial score (nSPS) is 11.6. The van der Waals surface area contributed by atoms with Crippen molar-refractivity contribution in [2.24, 2.45) is 0 Å². The molecule has 0 aliphatic rings. The number of benzene rings is 2. The summed E-state index contributed by atoms with van der Waals surface area (Å²) in [6.45, 7) is 7.33. The minimum Gasteiger partial charge on any atom is -0.369 e. The van der Waals surface area contributed by atoms with Gasteiger partial charge < -0.3 is 10.2 Å². The number of anilines is 3. The quantitative estimate of drug-likeness (QED) is 0.657. The zero-order chi connectivity index (χ0) is 20.7. The van der Waals surface area contributed by atoms with E-state index in [-0.39, 0.29) is 5.91 Å². The molecule has 0 fully saturated rings. The Morgan fingerprint density at radius 2 is 1.61 bits per heavy atom. The maximum Gasteiger partial charge on any atom is 0.248 e. The first-order valence-electron chi connectivity index (χ1n) is 9.11. The minimum atomic E-state index is -3.30. The van der Waals surface area contributed by atoms with Crippen LogP contribution in [0.3, 0.4) is 0 Å². The summed E-state index contributed by atoms with van der Waals surface area (Å²) in [4.78, 5) is 14.4. The van der Waals surface area contributed by atoms with Crippen LogP contribution in [0, 0.1) is 0 Å². The third-order valence-corrected chi connectivity index (χ3v) is 4.68. The van der Waals surface area contributed by atoms with Crippen LogP contribution in [0.4, 0.5) is 17.1 Å². The molecule has 0 saturated heterocycles. The molecule has 0 saturated carbocycles. The van der Waals surface area contributed by atoms with Gasteiger partial charge in [0, 0.05) is 35.7 Å². The highest BCUT2D eigenvalue weighted by molar-refractivity contribution is 7.92. The van der Waals surface area contributed by atoms with Gasteiger partial charge in [0.1, 0.15) is 0 Å². The van der Waals surface area contributed by atoms with Crippen LogP contribution in [-0.4, -0.2) is 33.2 Å². The van der Waals surface area contributed by atoms with Crippen molar-refractivity contribution in [3.8, 4) is 0 Å². The van der Waals surface area contributed by atoms with Crippen LogP contribution in [-0.2, 0) is 14.8 Å². The number of nitrogens with one attached hydrogen (secondary N) is 2. The number of amides is 1. The molecule has 28 heavy (non-hydrogen) atoms. The number of sulfonamides is 1. The van der Waals surface area contributed by atoms with Crippen LogP contribution in [0.5, 0.6) is 0 Å². The van der Waals surface area contributed by atoms with Gasteiger partial charge in [-0.2, -0.15) is 0 Å². The van der Waals surface area contributed by atoms with E-state index in [4.69, 9.17) is 0 Å². The Bertz CT molecular complexity index is 918. The van der Waals surface area contributed by atoms with E-state index in [0.29, 0.717) is 11.7 Å². The monoisotopic (exact) mass is 401 g/mol. The summed E-state index contributed by atoms with van der Waals surface area (Å²) in [5, 5.41) is 2.83. The molecule has 0 spiro atoms. The lowest BCUT2D eigenvalue weighted by Gasteiger charge is -2.27. The van der Waals surface area contributed by atoms with Crippen LogP contribution in [0.1, 0.15) is 26.3 Å². The predicted molar refractivity (Wildman–Crippen MR) is 117 cm³/mol. The molecule has 150 valence electrons. The van der Waals surface area contributed by atoms with Gasteiger partial charge in [-0.3, -0.25) is 9.52 Å². The Kier molecular flexibility index (Phi) is 7.23. The SMILES string of the molecule is CCN(c1ccc(NC(=O)C=Cc2ccc(NS(C)(=O)=O)cc2)cc1)C(C)C. The maximum atomic E-state index is 12.1. The standard InChI is InChI=1S/C21H27N3O3S/c1-5-24(16(2)3)20-13-11-18(12-14-20)22-21(25)15-8-17-6-9-19(10-7-17)23-28(4,26)27/h6-16,23H,5H2,1-4H3,(H,22,25). The molecule has 0 bridgehead atoms. The van der Waals surface area contributed by atoms with E-state index in [9.17, 15) is 13.2 Å². The first-order valence-corrected chi connectivity index (χ1v) is 11.0. The average molecular weight is 402 g/mol. The second kappa shape index (κ2) is 9.41. The number of carbonyl (C=O) groups is 1. The minimum absolute atomic E-state index is 0.234. The Hall–Kier alpha value is -2.80. The second-order valence-electron chi connectivity index (χ2n) is 6.75. The first kappa shape index (κ1) is 21.5. The zero-order valence-electron chi connectivity index (χ0n) is 16.6. The van der Waals surface area contributed by atoms with Gasteiger partial charge in [0.2, 0.25) is 15.9 Å². The van der Waals surface area contributed by atoms with Gasteiger partial charge in [-0.15, -0.1) is 0 Å². The van der Waals surface area contributed by atoms with Crippen molar-refractivity contribution >= 4 is 39.1 Å². The van der Waals surface area contributed by atoms with Gasteiger partial charge in [0.25, 0.3) is 0 Å². The van der Waals surface area contributed by atoms with Crippen molar-refractivity contribution in [1.29, 1.82) is 0 Å². The van der Waals surface area contributed by atoms with Gasteiger partial charge in [-0.05, 0) is 68.8 Å². The molecule has 6 nitrogen and oxygen atoms in total. The molecule has 2 aromatic carbocycles. The van der Waals surface area contributed by atoms with Crippen LogP contribution >= 0.6 is 0 Å². The summed E-state index contributed by atoms with van der Waals surface area (Å²) in [6, 6.07) is 14.9. The van der Waals surface area contributed by atoms with Gasteiger partial charge in [-0.25, -0.2) is 8.42 Å². The highest BCUT2D eigenvalue weighted by Gasteiger charge is 2.08. The number of carbonyl (C=O) groups excluding carboxylic acids is 1. The Morgan fingerprint density at radius 1 is 1.04 bits per heavy atom. The summed E-state index contributed by atoms with van der Waals surface area (Å²) in [5.41, 5.74) is 3.12.